The molecule has 2 aliphatic heterocycles. The van der Waals surface area contributed by atoms with Crippen LogP contribution in [-0.2, 0) is 26.2 Å². The monoisotopic (exact) mass is 400 g/mol. The first-order chi connectivity index (χ1) is 7.69. The predicted molar refractivity (Wildman–Crippen MR) is 74.4 cm³/mol. The van der Waals surface area contributed by atoms with Gasteiger partial charge in [0.2, 0.25) is 0 Å². The van der Waals surface area contributed by atoms with Gasteiger partial charge in [-0.2, -0.15) is 0 Å². The van der Waals surface area contributed by atoms with Gasteiger partial charge in [0.15, 0.2) is 0 Å². The van der Waals surface area contributed by atoms with Gasteiger partial charge < -0.3 is 24.8 Å². The zero-order chi connectivity index (χ0) is 10.9. The van der Waals surface area contributed by atoms with E-state index < -0.39 is 8.07 Å². The molecule has 0 N–H and O–H groups in total. The minimum absolute atomic E-state index is 0. The fraction of sp³-hybridized carbons (Fsp3) is 0.214. The van der Waals surface area contributed by atoms with Gasteiger partial charge in [-0.25, -0.2) is 0 Å². The Labute approximate surface area is 148 Å². The molecule has 1 saturated heterocycles. The van der Waals surface area contributed by atoms with Crippen molar-refractivity contribution in [2.24, 2.45) is 0 Å². The number of allylic oxidation sites excluding steroid dienone is 10. The molecule has 0 radical (unpaired) electrons. The summed E-state index contributed by atoms with van der Waals surface area (Å²) in [4.78, 5) is 1.80. The average molecular weight is 402 g/mol. The van der Waals surface area contributed by atoms with Crippen LogP contribution in [0.2, 0.25) is 13.1 Å². The summed E-state index contributed by atoms with van der Waals surface area (Å²) < 4.78 is 0. The second-order valence-electron chi connectivity index (χ2n) is 5.29. The summed E-state index contributed by atoms with van der Waals surface area (Å²) in [6.45, 7) is 4.98. The van der Waals surface area contributed by atoms with E-state index in [0.29, 0.717) is 0 Å². The Bertz CT molecular complexity index is 621. The second kappa shape index (κ2) is 5.74. The molecule has 5 heteroatoms. The van der Waals surface area contributed by atoms with Crippen molar-refractivity contribution in [3.63, 3.8) is 0 Å². The molecule has 0 aromatic heterocycles. The van der Waals surface area contributed by atoms with Crippen molar-refractivity contribution in [3.8, 4) is 0 Å². The molecular weight excluding hydrogens is 389 g/mol. The van der Waals surface area contributed by atoms with E-state index in [4.69, 9.17) is 0 Å². The van der Waals surface area contributed by atoms with Crippen LogP contribution in [0.15, 0.2) is 57.6 Å². The molecule has 0 aromatic carbocycles. The maximum atomic E-state index is 2.49. The van der Waals surface area contributed by atoms with E-state index in [-0.39, 0.29) is 51.0 Å². The Hall–Kier alpha value is 0.550. The first-order valence-electron chi connectivity index (χ1n) is 5.83. The molecule has 0 atom stereocenters. The normalized spacial score (nSPS) is 23.9. The van der Waals surface area contributed by atoms with Crippen molar-refractivity contribution in [3.05, 3.63) is 57.6 Å². The maximum Gasteiger partial charge on any atom is 2.00 e. The number of halogens is 2. The van der Waals surface area contributed by atoms with E-state index in [9.17, 15) is 0 Å². The summed E-state index contributed by atoms with van der Waals surface area (Å²) in [5.41, 5.74) is 4.67. The standard InChI is InChI=1S/C14H13PSi.2ClH.Zr/c1-16(2)13-12-10(9-5-3-4-6-9)7-8-11(12)15-14(13)16;;;/h3-5,7-8H,6H2,1-2H3;2*1H;/q;;;+2/p-2. The van der Waals surface area contributed by atoms with Crippen molar-refractivity contribution in [1.82, 2.24) is 0 Å². The second-order valence-corrected chi connectivity index (χ2v) is 11.1. The van der Waals surface area contributed by atoms with E-state index in [2.05, 4.69) is 43.5 Å². The van der Waals surface area contributed by atoms with Crippen LogP contribution in [0.5, 0.6) is 0 Å². The van der Waals surface area contributed by atoms with Gasteiger partial charge in [0.05, 0.1) is 0 Å². The minimum atomic E-state index is -1.03. The molecule has 0 nitrogen and oxygen atoms in total. The van der Waals surface area contributed by atoms with Crippen LogP contribution in [0.1, 0.15) is 6.42 Å². The summed E-state index contributed by atoms with van der Waals surface area (Å²) in [7, 11) is 0.496. The molecule has 19 heavy (non-hydrogen) atoms. The van der Waals surface area contributed by atoms with Crippen LogP contribution in [0.3, 0.4) is 0 Å². The largest absolute Gasteiger partial charge is 2.00 e. The number of hydrogen-bond donors (Lipinski definition) is 0. The van der Waals surface area contributed by atoms with Gasteiger partial charge in [0.1, 0.15) is 8.07 Å². The third-order valence-electron chi connectivity index (χ3n) is 3.92. The third kappa shape index (κ3) is 2.34. The summed E-state index contributed by atoms with van der Waals surface area (Å²) in [5.74, 6) is 0. The van der Waals surface area contributed by atoms with Crippen molar-refractivity contribution >= 4 is 21.2 Å². The number of rotatable bonds is 1. The molecule has 2 heterocycles. The number of hydrogen-bond acceptors (Lipinski definition) is 0. The molecule has 0 unspecified atom stereocenters. The van der Waals surface area contributed by atoms with Crippen LogP contribution in [0.25, 0.3) is 0 Å². The summed E-state index contributed by atoms with van der Waals surface area (Å²) in [6.07, 6.45) is 12.5. The quantitative estimate of drug-likeness (QED) is 0.349. The van der Waals surface area contributed by atoms with Crippen LogP contribution in [0, 0.1) is 0 Å². The Morgan fingerprint density at radius 2 is 1.84 bits per heavy atom. The first-order valence-corrected chi connectivity index (χ1v) is 9.72. The Balaban J connectivity index is 0.000000602. The van der Waals surface area contributed by atoms with Gasteiger partial charge in [-0.1, -0.05) is 45.6 Å². The predicted octanol–water partition coefficient (Wildman–Crippen LogP) is -2.07. The van der Waals surface area contributed by atoms with E-state index in [1.54, 1.807) is 21.0 Å². The van der Waals surface area contributed by atoms with Crippen LogP contribution in [0.4, 0.5) is 0 Å². The molecular formula is C14H13Cl2PSiZr. The zero-order valence-electron chi connectivity index (χ0n) is 10.8. The smallest absolute Gasteiger partial charge is 1.00 e. The van der Waals surface area contributed by atoms with Gasteiger partial charge >= 0.3 is 26.2 Å². The van der Waals surface area contributed by atoms with E-state index in [1.165, 1.54) is 19.4 Å². The van der Waals surface area contributed by atoms with Crippen LogP contribution >= 0.6 is 8.20 Å². The van der Waals surface area contributed by atoms with Gasteiger partial charge in [-0.3, -0.25) is 0 Å². The Kier molecular flexibility index (Phi) is 5.32. The summed E-state index contributed by atoms with van der Waals surface area (Å²) >= 11 is 0. The van der Waals surface area contributed by atoms with Crippen molar-refractivity contribution in [1.29, 1.82) is 0 Å². The topological polar surface area (TPSA) is 0 Å². The molecule has 4 aliphatic rings. The van der Waals surface area contributed by atoms with E-state index in [0.717, 1.165) is 6.42 Å². The van der Waals surface area contributed by atoms with Gasteiger partial charge in [-0.15, -0.1) is 0 Å². The van der Waals surface area contributed by atoms with Crippen LogP contribution in [-0.4, -0.2) is 13.0 Å². The van der Waals surface area contributed by atoms with Gasteiger partial charge in [-0.05, 0) is 39.3 Å². The molecule has 2 aliphatic carbocycles. The van der Waals surface area contributed by atoms with Crippen molar-refractivity contribution in [2.45, 2.75) is 19.5 Å². The SMILES string of the molecule is C[Si]1(C)C2=PC3=CC=C(C4=CC=CC4)C3=C21.[Cl-].[Cl-].[Zr+2]. The van der Waals surface area contributed by atoms with Gasteiger partial charge in [0, 0.05) is 5.31 Å². The Morgan fingerprint density at radius 3 is 2.47 bits per heavy atom. The molecule has 0 saturated carbocycles. The molecule has 4 rings (SSSR count). The number of fused-ring (bicyclic) bond motifs is 2. The van der Waals surface area contributed by atoms with Crippen molar-refractivity contribution < 1.29 is 51.0 Å². The average Bonchev–Trinajstić information content (AvgIpc) is 2.79. The first kappa shape index (κ1) is 17.6. The zero-order valence-corrected chi connectivity index (χ0v) is 16.7. The molecule has 1 fully saturated rings. The fourth-order valence-corrected chi connectivity index (χ4v) is 9.32. The summed E-state index contributed by atoms with van der Waals surface area (Å²) in [6, 6.07) is 0. The fourth-order valence-electron chi connectivity index (χ4n) is 2.93. The molecule has 0 aromatic rings. The van der Waals surface area contributed by atoms with E-state index >= 15 is 0 Å². The maximum absolute atomic E-state index is 2.49. The molecule has 96 valence electrons. The van der Waals surface area contributed by atoms with Crippen molar-refractivity contribution in [2.75, 3.05) is 0 Å². The minimum Gasteiger partial charge on any atom is -1.00 e. The van der Waals surface area contributed by atoms with E-state index in [1.807, 2.05) is 0 Å². The molecule has 0 bridgehead atoms. The molecule has 0 amide bonds. The van der Waals surface area contributed by atoms with Crippen LogP contribution < -0.4 is 24.8 Å². The summed E-state index contributed by atoms with van der Waals surface area (Å²) in [5, 5.41) is 3.34. The van der Waals surface area contributed by atoms with Gasteiger partial charge in [0.25, 0.3) is 0 Å². The molecule has 0 spiro atoms. The Morgan fingerprint density at radius 1 is 1.11 bits per heavy atom. The third-order valence-corrected chi connectivity index (χ3v) is 10.1.